The van der Waals surface area contributed by atoms with E-state index >= 15 is 0 Å². The Labute approximate surface area is 123 Å². The molecule has 0 radical (unpaired) electrons. The van der Waals surface area contributed by atoms with Crippen molar-refractivity contribution >= 4 is 5.69 Å². The molecule has 0 saturated heterocycles. The second-order valence-electron chi connectivity index (χ2n) is 5.32. The van der Waals surface area contributed by atoms with Gasteiger partial charge in [-0.3, -0.25) is 0 Å². The van der Waals surface area contributed by atoms with Crippen molar-refractivity contribution in [1.29, 1.82) is 0 Å². The van der Waals surface area contributed by atoms with Crippen LogP contribution in [0.5, 0.6) is 0 Å². The molecule has 2 nitrogen and oxygen atoms in total. The molecule has 110 valence electrons. The third-order valence-electron chi connectivity index (χ3n) is 3.81. The number of anilines is 1. The van der Waals surface area contributed by atoms with E-state index in [1.54, 1.807) is 0 Å². The van der Waals surface area contributed by atoms with Crippen LogP contribution in [-0.4, -0.2) is 6.54 Å². The van der Waals surface area contributed by atoms with Gasteiger partial charge in [0.15, 0.2) is 0 Å². The molecular weight excluding hydrogens is 270 g/mol. The Morgan fingerprint density at radius 3 is 2.76 bits per heavy atom. The number of rotatable bonds is 4. The zero-order valence-corrected chi connectivity index (χ0v) is 11.8. The van der Waals surface area contributed by atoms with Crippen LogP contribution in [0.2, 0.25) is 0 Å². The number of halogens is 2. The van der Waals surface area contributed by atoms with E-state index in [2.05, 4.69) is 28.8 Å². The van der Waals surface area contributed by atoms with Gasteiger partial charge >= 0.3 is 0 Å². The highest BCUT2D eigenvalue weighted by Crippen LogP contribution is 2.25. The molecule has 1 heterocycles. The van der Waals surface area contributed by atoms with Crippen LogP contribution in [-0.2, 0) is 19.5 Å². The van der Waals surface area contributed by atoms with Crippen molar-refractivity contribution < 1.29 is 8.78 Å². The Balaban J connectivity index is 1.65. The van der Waals surface area contributed by atoms with E-state index < -0.39 is 11.6 Å². The zero-order valence-electron chi connectivity index (χ0n) is 11.8. The number of hydrogen-bond acceptors (Lipinski definition) is 2. The average molecular weight is 288 g/mol. The SMILES string of the molecule is Fc1ccc(CNCc2cccc3c2NCCC3)c(F)c1. The molecule has 0 atom stereocenters. The van der Waals surface area contributed by atoms with Crippen molar-refractivity contribution in [1.82, 2.24) is 5.32 Å². The second kappa shape index (κ2) is 6.22. The van der Waals surface area contributed by atoms with Crippen LogP contribution >= 0.6 is 0 Å². The summed E-state index contributed by atoms with van der Waals surface area (Å²) in [6, 6.07) is 9.96. The summed E-state index contributed by atoms with van der Waals surface area (Å²) in [5, 5.41) is 6.66. The number of aryl methyl sites for hydroxylation is 1. The summed E-state index contributed by atoms with van der Waals surface area (Å²) in [6.07, 6.45) is 2.26. The highest BCUT2D eigenvalue weighted by atomic mass is 19.1. The molecule has 21 heavy (non-hydrogen) atoms. The van der Waals surface area contributed by atoms with Crippen LogP contribution in [0.3, 0.4) is 0 Å². The Morgan fingerprint density at radius 1 is 1.05 bits per heavy atom. The van der Waals surface area contributed by atoms with E-state index in [9.17, 15) is 8.78 Å². The molecule has 3 rings (SSSR count). The Hall–Kier alpha value is -1.94. The van der Waals surface area contributed by atoms with Gasteiger partial charge in [0.2, 0.25) is 0 Å². The molecule has 0 spiro atoms. The minimum Gasteiger partial charge on any atom is -0.385 e. The van der Waals surface area contributed by atoms with Crippen LogP contribution in [0.25, 0.3) is 0 Å². The first-order valence-electron chi connectivity index (χ1n) is 7.23. The van der Waals surface area contributed by atoms with Crippen LogP contribution in [0.4, 0.5) is 14.5 Å². The third kappa shape index (κ3) is 3.22. The summed E-state index contributed by atoms with van der Waals surface area (Å²) >= 11 is 0. The zero-order chi connectivity index (χ0) is 14.7. The number of benzene rings is 2. The number of nitrogens with one attached hydrogen (secondary N) is 2. The van der Waals surface area contributed by atoms with Crippen molar-refractivity contribution in [2.45, 2.75) is 25.9 Å². The molecule has 0 bridgehead atoms. The first kappa shape index (κ1) is 14.0. The molecule has 0 unspecified atom stereocenters. The summed E-state index contributed by atoms with van der Waals surface area (Å²) in [5.74, 6) is -1.05. The van der Waals surface area contributed by atoms with Crippen molar-refractivity contribution in [3.63, 3.8) is 0 Å². The van der Waals surface area contributed by atoms with Gasteiger partial charge in [-0.2, -0.15) is 0 Å². The maximum absolute atomic E-state index is 13.6. The Bertz CT molecular complexity index is 641. The molecular formula is C17H18F2N2. The molecule has 1 aliphatic rings. The first-order chi connectivity index (χ1) is 10.2. The fourth-order valence-electron chi connectivity index (χ4n) is 2.73. The van der Waals surface area contributed by atoms with Gasteiger partial charge in [-0.25, -0.2) is 8.78 Å². The van der Waals surface area contributed by atoms with E-state index in [4.69, 9.17) is 0 Å². The Kier molecular flexibility index (Phi) is 4.15. The van der Waals surface area contributed by atoms with Crippen LogP contribution in [0.1, 0.15) is 23.1 Å². The van der Waals surface area contributed by atoms with Gasteiger partial charge in [0.25, 0.3) is 0 Å². The van der Waals surface area contributed by atoms with Crippen molar-refractivity contribution in [3.8, 4) is 0 Å². The summed E-state index contributed by atoms with van der Waals surface area (Å²) < 4.78 is 26.4. The molecule has 0 aromatic heterocycles. The highest BCUT2D eigenvalue weighted by Gasteiger charge is 2.12. The minimum absolute atomic E-state index is 0.385. The molecule has 0 aliphatic carbocycles. The summed E-state index contributed by atoms with van der Waals surface area (Å²) in [4.78, 5) is 0. The predicted octanol–water partition coefficient (Wildman–Crippen LogP) is 3.61. The standard InChI is InChI=1S/C17H18F2N2/c18-15-7-6-13(16(19)9-15)10-20-11-14-4-1-3-12-5-2-8-21-17(12)14/h1,3-4,6-7,9,20-21H,2,5,8,10-11H2. The lowest BCUT2D eigenvalue weighted by Crippen LogP contribution is -2.18. The van der Waals surface area contributed by atoms with Crippen LogP contribution in [0, 0.1) is 11.6 Å². The summed E-state index contributed by atoms with van der Waals surface area (Å²) in [6.45, 7) is 2.04. The normalized spacial score (nSPS) is 13.6. The lowest BCUT2D eigenvalue weighted by atomic mass is 9.99. The number of hydrogen-bond donors (Lipinski definition) is 2. The fourth-order valence-corrected chi connectivity index (χ4v) is 2.73. The monoisotopic (exact) mass is 288 g/mol. The van der Waals surface area contributed by atoms with E-state index in [-0.39, 0.29) is 0 Å². The van der Waals surface area contributed by atoms with Crippen LogP contribution in [0.15, 0.2) is 36.4 Å². The minimum atomic E-state index is -0.544. The van der Waals surface area contributed by atoms with Crippen molar-refractivity contribution in [2.24, 2.45) is 0 Å². The third-order valence-corrected chi connectivity index (χ3v) is 3.81. The van der Waals surface area contributed by atoms with Crippen molar-refractivity contribution in [3.05, 3.63) is 64.7 Å². The lowest BCUT2D eigenvalue weighted by molar-refractivity contribution is 0.560. The maximum atomic E-state index is 13.6. The molecule has 2 aromatic carbocycles. The van der Waals surface area contributed by atoms with Gasteiger partial charge < -0.3 is 10.6 Å². The molecule has 4 heteroatoms. The molecule has 0 amide bonds. The van der Waals surface area contributed by atoms with E-state index in [0.717, 1.165) is 25.5 Å². The topological polar surface area (TPSA) is 24.1 Å². The highest BCUT2D eigenvalue weighted by molar-refractivity contribution is 5.59. The summed E-state index contributed by atoms with van der Waals surface area (Å²) in [7, 11) is 0. The van der Waals surface area contributed by atoms with Gasteiger partial charge in [0, 0.05) is 37.0 Å². The van der Waals surface area contributed by atoms with Gasteiger partial charge in [-0.15, -0.1) is 0 Å². The lowest BCUT2D eigenvalue weighted by Gasteiger charge is -2.21. The quantitative estimate of drug-likeness (QED) is 0.898. The first-order valence-corrected chi connectivity index (χ1v) is 7.23. The largest absolute Gasteiger partial charge is 0.385 e. The second-order valence-corrected chi connectivity index (χ2v) is 5.32. The molecule has 2 aromatic rings. The number of fused-ring (bicyclic) bond motifs is 1. The molecule has 2 N–H and O–H groups in total. The van der Waals surface area contributed by atoms with E-state index in [0.29, 0.717) is 18.7 Å². The molecule has 0 saturated carbocycles. The smallest absolute Gasteiger partial charge is 0.130 e. The number of para-hydroxylation sites is 1. The van der Waals surface area contributed by atoms with E-state index in [1.165, 1.54) is 28.9 Å². The van der Waals surface area contributed by atoms with Crippen LogP contribution < -0.4 is 10.6 Å². The fraction of sp³-hybridized carbons (Fsp3) is 0.294. The van der Waals surface area contributed by atoms with E-state index in [1.807, 2.05) is 0 Å². The predicted molar refractivity (Wildman–Crippen MR) is 80.2 cm³/mol. The summed E-state index contributed by atoms with van der Waals surface area (Å²) in [5.41, 5.74) is 4.22. The van der Waals surface area contributed by atoms with Crippen molar-refractivity contribution in [2.75, 3.05) is 11.9 Å². The van der Waals surface area contributed by atoms with Gasteiger partial charge in [0.1, 0.15) is 11.6 Å². The van der Waals surface area contributed by atoms with Gasteiger partial charge in [-0.1, -0.05) is 24.3 Å². The van der Waals surface area contributed by atoms with Gasteiger partial charge in [-0.05, 0) is 30.0 Å². The maximum Gasteiger partial charge on any atom is 0.130 e. The van der Waals surface area contributed by atoms with Gasteiger partial charge in [0.05, 0.1) is 0 Å². The average Bonchev–Trinajstić information content (AvgIpc) is 2.50. The molecule has 1 aliphatic heterocycles. The molecule has 0 fully saturated rings. The Morgan fingerprint density at radius 2 is 1.90 bits per heavy atom.